The summed E-state index contributed by atoms with van der Waals surface area (Å²) >= 11 is 0. The Morgan fingerprint density at radius 1 is 1.44 bits per heavy atom. The lowest BCUT2D eigenvalue weighted by atomic mass is 9.89. The molecule has 1 fully saturated rings. The zero-order valence-electron chi connectivity index (χ0n) is 11.1. The van der Waals surface area contributed by atoms with Crippen LogP contribution in [0.3, 0.4) is 0 Å². The summed E-state index contributed by atoms with van der Waals surface area (Å²) in [5.41, 5.74) is 0. The molecular formula is C13H26N2O. The molecule has 3 heteroatoms. The van der Waals surface area contributed by atoms with Crippen LogP contribution in [0.4, 0.5) is 0 Å². The van der Waals surface area contributed by atoms with Gasteiger partial charge in [-0.25, -0.2) is 0 Å². The number of nitrogens with zero attached hydrogens (tertiary/aromatic N) is 1. The average Bonchev–Trinajstić information content (AvgIpc) is 2.29. The molecule has 0 aromatic carbocycles. The lowest BCUT2D eigenvalue weighted by Gasteiger charge is -2.39. The van der Waals surface area contributed by atoms with E-state index in [1.165, 1.54) is 0 Å². The predicted octanol–water partition coefficient (Wildman–Crippen LogP) is 1.88. The average molecular weight is 226 g/mol. The van der Waals surface area contributed by atoms with E-state index in [0.29, 0.717) is 17.9 Å². The first kappa shape index (κ1) is 13.5. The Balaban J connectivity index is 2.55. The highest BCUT2D eigenvalue weighted by atomic mass is 16.2. The molecule has 2 unspecified atom stereocenters. The summed E-state index contributed by atoms with van der Waals surface area (Å²) in [7, 11) is 0. The summed E-state index contributed by atoms with van der Waals surface area (Å²) in [6.45, 7) is 11.2. The van der Waals surface area contributed by atoms with Crippen LogP contribution in [0.1, 0.15) is 40.5 Å². The van der Waals surface area contributed by atoms with E-state index in [2.05, 4.69) is 19.2 Å². The van der Waals surface area contributed by atoms with Crippen molar-refractivity contribution >= 4 is 5.91 Å². The standard InChI is InChI=1S/C13H26N2O/c1-5-11-9-15(13(16)10(3)4)8-7-12(11)14-6-2/h10-12,14H,5-9H2,1-4H3. The SMILES string of the molecule is CCNC1CCN(C(=O)C(C)C)CC1CC. The van der Waals surface area contributed by atoms with Gasteiger partial charge < -0.3 is 10.2 Å². The summed E-state index contributed by atoms with van der Waals surface area (Å²) in [4.78, 5) is 14.0. The number of carbonyl (C=O) groups excluding carboxylic acids is 1. The summed E-state index contributed by atoms with van der Waals surface area (Å²) in [5, 5.41) is 3.54. The first-order chi connectivity index (χ1) is 7.60. The molecule has 0 aromatic heterocycles. The monoisotopic (exact) mass is 226 g/mol. The molecule has 0 radical (unpaired) electrons. The van der Waals surface area contributed by atoms with Crippen molar-refractivity contribution in [2.45, 2.75) is 46.6 Å². The van der Waals surface area contributed by atoms with Gasteiger partial charge in [-0.15, -0.1) is 0 Å². The molecular weight excluding hydrogens is 200 g/mol. The summed E-state index contributed by atoms with van der Waals surface area (Å²) in [5.74, 6) is 1.07. The molecule has 1 aliphatic heterocycles. The van der Waals surface area contributed by atoms with Crippen molar-refractivity contribution in [3.63, 3.8) is 0 Å². The van der Waals surface area contributed by atoms with Crippen LogP contribution < -0.4 is 5.32 Å². The molecule has 2 atom stereocenters. The van der Waals surface area contributed by atoms with Gasteiger partial charge in [-0.3, -0.25) is 4.79 Å². The van der Waals surface area contributed by atoms with Gasteiger partial charge in [-0.05, 0) is 18.9 Å². The van der Waals surface area contributed by atoms with Crippen molar-refractivity contribution in [1.29, 1.82) is 0 Å². The van der Waals surface area contributed by atoms with Crippen LogP contribution in [0.15, 0.2) is 0 Å². The fraction of sp³-hybridized carbons (Fsp3) is 0.923. The van der Waals surface area contributed by atoms with E-state index in [4.69, 9.17) is 0 Å². The fourth-order valence-corrected chi connectivity index (χ4v) is 2.54. The van der Waals surface area contributed by atoms with Gasteiger partial charge in [-0.1, -0.05) is 34.1 Å². The topological polar surface area (TPSA) is 32.3 Å². The second-order valence-electron chi connectivity index (χ2n) is 5.06. The highest BCUT2D eigenvalue weighted by Gasteiger charge is 2.30. The third-order valence-corrected chi connectivity index (χ3v) is 3.53. The van der Waals surface area contributed by atoms with Gasteiger partial charge in [-0.2, -0.15) is 0 Å². The van der Waals surface area contributed by atoms with Gasteiger partial charge in [0.25, 0.3) is 0 Å². The zero-order valence-corrected chi connectivity index (χ0v) is 11.1. The smallest absolute Gasteiger partial charge is 0.225 e. The molecule has 1 rings (SSSR count). The van der Waals surface area contributed by atoms with Crippen LogP contribution in [-0.2, 0) is 4.79 Å². The minimum atomic E-state index is 0.133. The Hall–Kier alpha value is -0.570. The van der Waals surface area contributed by atoms with E-state index in [0.717, 1.165) is 32.5 Å². The van der Waals surface area contributed by atoms with Crippen molar-refractivity contribution in [1.82, 2.24) is 10.2 Å². The van der Waals surface area contributed by atoms with Crippen molar-refractivity contribution in [2.75, 3.05) is 19.6 Å². The Morgan fingerprint density at radius 3 is 2.62 bits per heavy atom. The van der Waals surface area contributed by atoms with Crippen LogP contribution in [0.5, 0.6) is 0 Å². The Kier molecular flexibility index (Phi) is 5.26. The largest absolute Gasteiger partial charge is 0.342 e. The number of nitrogens with one attached hydrogen (secondary N) is 1. The van der Waals surface area contributed by atoms with Gasteiger partial charge in [0, 0.05) is 25.0 Å². The second kappa shape index (κ2) is 6.24. The molecule has 0 spiro atoms. The molecule has 3 nitrogen and oxygen atoms in total. The normalized spacial score (nSPS) is 26.2. The fourth-order valence-electron chi connectivity index (χ4n) is 2.54. The van der Waals surface area contributed by atoms with E-state index in [9.17, 15) is 4.79 Å². The van der Waals surface area contributed by atoms with Gasteiger partial charge in [0.1, 0.15) is 0 Å². The maximum Gasteiger partial charge on any atom is 0.225 e. The molecule has 0 aromatic rings. The summed E-state index contributed by atoms with van der Waals surface area (Å²) in [6.07, 6.45) is 2.25. The molecule has 0 saturated carbocycles. The van der Waals surface area contributed by atoms with E-state index in [1.54, 1.807) is 0 Å². The maximum absolute atomic E-state index is 11.9. The number of rotatable bonds is 4. The first-order valence-electron chi connectivity index (χ1n) is 6.62. The summed E-state index contributed by atoms with van der Waals surface area (Å²) in [6, 6.07) is 0.603. The van der Waals surface area contributed by atoms with Gasteiger partial charge in [0.2, 0.25) is 5.91 Å². The zero-order chi connectivity index (χ0) is 12.1. The highest BCUT2D eigenvalue weighted by Crippen LogP contribution is 2.21. The van der Waals surface area contributed by atoms with E-state index >= 15 is 0 Å². The maximum atomic E-state index is 11.9. The molecule has 1 aliphatic rings. The predicted molar refractivity (Wildman–Crippen MR) is 67.3 cm³/mol. The lowest BCUT2D eigenvalue weighted by Crippen LogP contribution is -2.51. The first-order valence-corrected chi connectivity index (χ1v) is 6.62. The third kappa shape index (κ3) is 3.21. The van der Waals surface area contributed by atoms with Crippen LogP contribution in [0.25, 0.3) is 0 Å². The Morgan fingerprint density at radius 2 is 2.12 bits per heavy atom. The van der Waals surface area contributed by atoms with E-state index in [-0.39, 0.29) is 5.92 Å². The van der Waals surface area contributed by atoms with Gasteiger partial charge >= 0.3 is 0 Å². The summed E-state index contributed by atoms with van der Waals surface area (Å²) < 4.78 is 0. The van der Waals surface area contributed by atoms with Crippen LogP contribution >= 0.6 is 0 Å². The number of likely N-dealkylation sites (tertiary alicyclic amines) is 1. The highest BCUT2D eigenvalue weighted by molar-refractivity contribution is 5.78. The number of amides is 1. The molecule has 0 aliphatic carbocycles. The second-order valence-corrected chi connectivity index (χ2v) is 5.06. The molecule has 1 amide bonds. The molecule has 94 valence electrons. The third-order valence-electron chi connectivity index (χ3n) is 3.53. The number of hydrogen-bond donors (Lipinski definition) is 1. The molecule has 1 saturated heterocycles. The van der Waals surface area contributed by atoms with Crippen molar-refractivity contribution in [3.05, 3.63) is 0 Å². The van der Waals surface area contributed by atoms with Crippen LogP contribution in [0.2, 0.25) is 0 Å². The lowest BCUT2D eigenvalue weighted by molar-refractivity contribution is -0.136. The van der Waals surface area contributed by atoms with Crippen LogP contribution in [-0.4, -0.2) is 36.5 Å². The number of hydrogen-bond acceptors (Lipinski definition) is 2. The van der Waals surface area contributed by atoms with Crippen LogP contribution in [0, 0.1) is 11.8 Å². The van der Waals surface area contributed by atoms with Crippen molar-refractivity contribution in [3.8, 4) is 0 Å². The molecule has 0 bridgehead atoms. The van der Waals surface area contributed by atoms with Crippen molar-refractivity contribution in [2.24, 2.45) is 11.8 Å². The Bertz CT molecular complexity index is 228. The van der Waals surface area contributed by atoms with Gasteiger partial charge in [0.05, 0.1) is 0 Å². The Labute approximate surface area is 99.6 Å². The van der Waals surface area contributed by atoms with Crippen molar-refractivity contribution < 1.29 is 4.79 Å². The van der Waals surface area contributed by atoms with E-state index in [1.807, 2.05) is 18.7 Å². The van der Waals surface area contributed by atoms with Gasteiger partial charge in [0.15, 0.2) is 0 Å². The minimum absolute atomic E-state index is 0.133. The quantitative estimate of drug-likeness (QED) is 0.794. The number of piperidine rings is 1. The minimum Gasteiger partial charge on any atom is -0.342 e. The van der Waals surface area contributed by atoms with E-state index < -0.39 is 0 Å². The molecule has 1 N–H and O–H groups in total. The number of carbonyl (C=O) groups is 1. The molecule has 1 heterocycles. The molecule has 16 heavy (non-hydrogen) atoms.